The van der Waals surface area contributed by atoms with Gasteiger partial charge in [-0.25, -0.2) is 4.98 Å². The summed E-state index contributed by atoms with van der Waals surface area (Å²) in [5, 5.41) is 2.50. The van der Waals surface area contributed by atoms with Crippen molar-refractivity contribution in [1.29, 1.82) is 0 Å². The maximum Gasteiger partial charge on any atom is 0.315 e. The Morgan fingerprint density at radius 3 is 2.67 bits per heavy atom. The summed E-state index contributed by atoms with van der Waals surface area (Å²) < 4.78 is 0. The lowest BCUT2D eigenvalue weighted by Crippen LogP contribution is -3.12. The summed E-state index contributed by atoms with van der Waals surface area (Å²) in [7, 11) is 2.08. The van der Waals surface area contributed by atoms with E-state index in [2.05, 4.69) is 17.3 Å². The number of piperazine rings is 1. The Balaban J connectivity index is 1.91. The van der Waals surface area contributed by atoms with Crippen molar-refractivity contribution in [2.24, 2.45) is 0 Å². The van der Waals surface area contributed by atoms with Gasteiger partial charge in [0.2, 0.25) is 0 Å². The Bertz CT molecular complexity index is 427. The van der Waals surface area contributed by atoms with Crippen LogP contribution in [0, 0.1) is 0 Å². The van der Waals surface area contributed by atoms with Crippen LogP contribution in [0.4, 0.5) is 5.82 Å². The van der Waals surface area contributed by atoms with Crippen LogP contribution in [-0.2, 0) is 9.59 Å². The highest BCUT2D eigenvalue weighted by atomic mass is 16.2. The molecule has 2 heterocycles. The van der Waals surface area contributed by atoms with Gasteiger partial charge in [-0.1, -0.05) is 6.07 Å². The number of nitrogens with one attached hydrogen (secondary N) is 2. The molecule has 6 heteroatoms. The quantitative estimate of drug-likeness (QED) is 0.588. The predicted molar refractivity (Wildman–Crippen MR) is 66.1 cm³/mol. The normalized spacial score (nSPS) is 16.4. The number of carbonyl (C=O) groups excluding carboxylic acids is 2. The Morgan fingerprint density at radius 1 is 1.33 bits per heavy atom. The molecule has 0 unspecified atom stereocenters. The van der Waals surface area contributed by atoms with Gasteiger partial charge in [0.15, 0.2) is 0 Å². The topological polar surface area (TPSA) is 66.7 Å². The molecule has 1 aromatic rings. The van der Waals surface area contributed by atoms with E-state index >= 15 is 0 Å². The third-order valence-electron chi connectivity index (χ3n) is 3.00. The number of rotatable bonds is 1. The Kier molecular flexibility index (Phi) is 3.88. The lowest BCUT2D eigenvalue weighted by molar-refractivity contribution is -0.883. The zero-order chi connectivity index (χ0) is 13.0. The number of quaternary nitrogens is 1. The largest absolute Gasteiger partial charge is 0.334 e. The third kappa shape index (κ3) is 3.04. The van der Waals surface area contributed by atoms with Gasteiger partial charge >= 0.3 is 11.8 Å². The lowest BCUT2D eigenvalue weighted by Gasteiger charge is -2.29. The van der Waals surface area contributed by atoms with E-state index in [0.717, 1.165) is 13.1 Å². The summed E-state index contributed by atoms with van der Waals surface area (Å²) in [6.45, 7) is 3.01. The van der Waals surface area contributed by atoms with Crippen LogP contribution >= 0.6 is 0 Å². The SMILES string of the molecule is C[NH+]1CCN(C(=O)C(=O)Nc2ccccn2)CC1. The molecule has 0 spiro atoms. The second-order valence-corrected chi connectivity index (χ2v) is 4.42. The highest BCUT2D eigenvalue weighted by Crippen LogP contribution is 2.01. The summed E-state index contributed by atoms with van der Waals surface area (Å²) in [4.78, 5) is 30.5. The second kappa shape index (κ2) is 5.59. The molecule has 0 bridgehead atoms. The zero-order valence-corrected chi connectivity index (χ0v) is 10.3. The minimum absolute atomic E-state index is 0.399. The molecule has 1 saturated heterocycles. The van der Waals surface area contributed by atoms with Crippen molar-refractivity contribution in [1.82, 2.24) is 9.88 Å². The van der Waals surface area contributed by atoms with E-state index in [-0.39, 0.29) is 0 Å². The van der Waals surface area contributed by atoms with Crippen LogP contribution < -0.4 is 10.2 Å². The zero-order valence-electron chi connectivity index (χ0n) is 10.3. The molecule has 1 fully saturated rings. The lowest BCUT2D eigenvalue weighted by atomic mass is 10.3. The van der Waals surface area contributed by atoms with Gasteiger partial charge in [-0.3, -0.25) is 9.59 Å². The molecule has 18 heavy (non-hydrogen) atoms. The molecule has 0 aromatic carbocycles. The number of carbonyl (C=O) groups is 2. The Hall–Kier alpha value is -1.95. The van der Waals surface area contributed by atoms with E-state index in [0.29, 0.717) is 18.9 Å². The van der Waals surface area contributed by atoms with E-state index in [4.69, 9.17) is 0 Å². The summed E-state index contributed by atoms with van der Waals surface area (Å²) in [6, 6.07) is 5.16. The second-order valence-electron chi connectivity index (χ2n) is 4.42. The fourth-order valence-corrected chi connectivity index (χ4v) is 1.84. The molecule has 1 aliphatic rings. The molecule has 6 nitrogen and oxygen atoms in total. The van der Waals surface area contributed by atoms with Crippen LogP contribution in [0.2, 0.25) is 0 Å². The van der Waals surface area contributed by atoms with Gasteiger partial charge in [0.05, 0.1) is 33.2 Å². The van der Waals surface area contributed by atoms with Crippen molar-refractivity contribution in [3.63, 3.8) is 0 Å². The van der Waals surface area contributed by atoms with E-state index in [1.165, 1.54) is 4.90 Å². The number of amides is 2. The number of nitrogens with zero attached hydrogens (tertiary/aromatic N) is 2. The first-order valence-corrected chi connectivity index (χ1v) is 5.99. The van der Waals surface area contributed by atoms with E-state index in [1.54, 1.807) is 29.3 Å². The Labute approximate surface area is 106 Å². The number of pyridine rings is 1. The standard InChI is InChI=1S/C12H16N4O2/c1-15-6-8-16(9-7-15)12(18)11(17)14-10-4-2-3-5-13-10/h2-5H,6-9H2,1H3,(H,13,14,17)/p+1. The number of hydrogen-bond donors (Lipinski definition) is 2. The number of hydrogen-bond acceptors (Lipinski definition) is 3. The van der Waals surface area contributed by atoms with E-state index in [9.17, 15) is 9.59 Å². The van der Waals surface area contributed by atoms with E-state index < -0.39 is 11.8 Å². The van der Waals surface area contributed by atoms with Crippen molar-refractivity contribution in [2.75, 3.05) is 38.5 Å². The predicted octanol–water partition coefficient (Wildman–Crippen LogP) is -1.62. The summed E-state index contributed by atoms with van der Waals surface area (Å²) in [5.41, 5.74) is 0. The highest BCUT2D eigenvalue weighted by molar-refractivity contribution is 6.39. The third-order valence-corrected chi connectivity index (χ3v) is 3.00. The summed E-state index contributed by atoms with van der Waals surface area (Å²) >= 11 is 0. The Morgan fingerprint density at radius 2 is 2.06 bits per heavy atom. The first kappa shape index (κ1) is 12.5. The first-order valence-electron chi connectivity index (χ1n) is 5.99. The monoisotopic (exact) mass is 249 g/mol. The van der Waals surface area contributed by atoms with Gasteiger partial charge in [0.1, 0.15) is 5.82 Å². The van der Waals surface area contributed by atoms with Crippen molar-refractivity contribution < 1.29 is 14.5 Å². The molecule has 2 rings (SSSR count). The van der Waals surface area contributed by atoms with Crippen LogP contribution in [-0.4, -0.2) is 54.9 Å². The average molecular weight is 249 g/mol. The molecule has 96 valence electrons. The van der Waals surface area contributed by atoms with Gasteiger partial charge in [-0.2, -0.15) is 0 Å². The minimum atomic E-state index is -0.617. The molecular formula is C12H17N4O2+. The van der Waals surface area contributed by atoms with Crippen LogP contribution in [0.1, 0.15) is 0 Å². The molecule has 0 atom stereocenters. The molecule has 0 saturated carbocycles. The molecule has 1 aromatic heterocycles. The van der Waals surface area contributed by atoms with Crippen molar-refractivity contribution in [3.05, 3.63) is 24.4 Å². The molecule has 2 amide bonds. The van der Waals surface area contributed by atoms with Crippen molar-refractivity contribution >= 4 is 17.6 Å². The number of likely N-dealkylation sites (N-methyl/N-ethyl adjacent to an activating group) is 1. The average Bonchev–Trinajstić information content (AvgIpc) is 2.40. The highest BCUT2D eigenvalue weighted by Gasteiger charge is 2.26. The van der Waals surface area contributed by atoms with Crippen LogP contribution in [0.3, 0.4) is 0 Å². The van der Waals surface area contributed by atoms with Gasteiger partial charge in [-0.15, -0.1) is 0 Å². The number of aromatic nitrogens is 1. The van der Waals surface area contributed by atoms with Gasteiger partial charge < -0.3 is 15.1 Å². The molecule has 0 radical (unpaired) electrons. The minimum Gasteiger partial charge on any atom is -0.334 e. The van der Waals surface area contributed by atoms with Crippen LogP contribution in [0.5, 0.6) is 0 Å². The molecular weight excluding hydrogens is 232 g/mol. The summed E-state index contributed by atoms with van der Waals surface area (Å²) in [5.74, 6) is -0.697. The molecule has 0 aliphatic carbocycles. The molecule has 2 N–H and O–H groups in total. The maximum atomic E-state index is 11.9. The van der Waals surface area contributed by atoms with Crippen LogP contribution in [0.25, 0.3) is 0 Å². The fraction of sp³-hybridized carbons (Fsp3) is 0.417. The number of anilines is 1. The van der Waals surface area contributed by atoms with Gasteiger partial charge in [0.25, 0.3) is 0 Å². The van der Waals surface area contributed by atoms with Crippen LogP contribution in [0.15, 0.2) is 24.4 Å². The maximum absolute atomic E-state index is 11.9. The van der Waals surface area contributed by atoms with Crippen molar-refractivity contribution in [2.45, 2.75) is 0 Å². The smallest absolute Gasteiger partial charge is 0.315 e. The first-order chi connectivity index (χ1) is 8.66. The van der Waals surface area contributed by atoms with E-state index in [1.807, 2.05) is 0 Å². The van der Waals surface area contributed by atoms with Gasteiger partial charge in [-0.05, 0) is 12.1 Å². The summed E-state index contributed by atoms with van der Waals surface area (Å²) in [6.07, 6.45) is 1.57. The van der Waals surface area contributed by atoms with Crippen molar-refractivity contribution in [3.8, 4) is 0 Å². The fourth-order valence-electron chi connectivity index (χ4n) is 1.84. The van der Waals surface area contributed by atoms with Gasteiger partial charge in [0, 0.05) is 6.20 Å². The molecule has 1 aliphatic heterocycles.